The van der Waals surface area contributed by atoms with E-state index >= 15 is 0 Å². The highest BCUT2D eigenvalue weighted by molar-refractivity contribution is 6.30. The van der Waals surface area contributed by atoms with Crippen LogP contribution in [-0.2, 0) is 24.2 Å². The Bertz CT molecular complexity index is 722. The van der Waals surface area contributed by atoms with Crippen LogP contribution in [0.25, 0.3) is 0 Å². The van der Waals surface area contributed by atoms with Crippen LogP contribution in [-0.4, -0.2) is 28.4 Å². The summed E-state index contributed by atoms with van der Waals surface area (Å²) >= 11 is 6.28. The number of rotatable bonds is 5. The number of aryl methyl sites for hydroxylation is 1. The number of halogens is 1. The second kappa shape index (κ2) is 7.32. The summed E-state index contributed by atoms with van der Waals surface area (Å²) in [6.45, 7) is 2.74. The lowest BCUT2D eigenvalue weighted by atomic mass is 10.1. The van der Waals surface area contributed by atoms with Crippen LogP contribution in [0.2, 0.25) is 5.15 Å². The molecule has 1 aliphatic carbocycles. The number of pyridine rings is 1. The van der Waals surface area contributed by atoms with Gasteiger partial charge in [-0.1, -0.05) is 41.9 Å². The molecule has 3 rings (SSSR count). The Morgan fingerprint density at radius 3 is 2.50 bits per heavy atom. The molecule has 2 aromatic rings. The number of carbonyl (C=O) groups excluding carboxylic acids is 1. The van der Waals surface area contributed by atoms with Crippen LogP contribution in [0.3, 0.4) is 0 Å². The topological polar surface area (TPSA) is 59.2 Å². The SMILES string of the molecule is Cc1ccc(CN(C(=O)CCN)C2Cc3ccccc3C2)c(Cl)n1. The molecule has 2 N–H and O–H groups in total. The van der Waals surface area contributed by atoms with E-state index < -0.39 is 0 Å². The van der Waals surface area contributed by atoms with E-state index in [9.17, 15) is 4.79 Å². The Labute approximate surface area is 147 Å². The van der Waals surface area contributed by atoms with Gasteiger partial charge in [-0.2, -0.15) is 0 Å². The molecule has 4 nitrogen and oxygen atoms in total. The molecule has 0 radical (unpaired) electrons. The first kappa shape index (κ1) is 16.9. The highest BCUT2D eigenvalue weighted by Crippen LogP contribution is 2.28. The Hall–Kier alpha value is -1.91. The van der Waals surface area contributed by atoms with Gasteiger partial charge < -0.3 is 10.6 Å². The first-order valence-corrected chi connectivity index (χ1v) is 8.64. The van der Waals surface area contributed by atoms with E-state index in [-0.39, 0.29) is 11.9 Å². The molecule has 0 fully saturated rings. The highest BCUT2D eigenvalue weighted by atomic mass is 35.5. The first-order chi connectivity index (χ1) is 11.6. The van der Waals surface area contributed by atoms with Gasteiger partial charge in [-0.3, -0.25) is 4.79 Å². The molecular weight excluding hydrogens is 322 g/mol. The first-order valence-electron chi connectivity index (χ1n) is 8.27. The number of carbonyl (C=O) groups is 1. The van der Waals surface area contributed by atoms with E-state index in [1.165, 1.54) is 11.1 Å². The van der Waals surface area contributed by atoms with Crippen molar-refractivity contribution in [1.29, 1.82) is 0 Å². The van der Waals surface area contributed by atoms with Crippen LogP contribution in [0.4, 0.5) is 0 Å². The largest absolute Gasteiger partial charge is 0.335 e. The average Bonchev–Trinajstić information content (AvgIpc) is 2.98. The number of aromatic nitrogens is 1. The molecule has 126 valence electrons. The summed E-state index contributed by atoms with van der Waals surface area (Å²) in [5.41, 5.74) is 10.00. The molecule has 0 saturated heterocycles. The van der Waals surface area contributed by atoms with Crippen LogP contribution in [0.15, 0.2) is 36.4 Å². The molecule has 0 unspecified atom stereocenters. The number of benzene rings is 1. The minimum absolute atomic E-state index is 0.0759. The van der Waals surface area contributed by atoms with Crippen molar-refractivity contribution in [3.8, 4) is 0 Å². The third-order valence-electron chi connectivity index (χ3n) is 4.55. The smallest absolute Gasteiger partial charge is 0.224 e. The predicted octanol–water partition coefficient (Wildman–Crippen LogP) is 2.89. The van der Waals surface area contributed by atoms with Crippen molar-refractivity contribution >= 4 is 17.5 Å². The molecule has 0 aliphatic heterocycles. The van der Waals surface area contributed by atoms with Gasteiger partial charge >= 0.3 is 0 Å². The molecule has 1 aromatic carbocycles. The van der Waals surface area contributed by atoms with Gasteiger partial charge in [-0.05, 0) is 37.0 Å². The Kier molecular flexibility index (Phi) is 5.17. The number of nitrogens with zero attached hydrogens (tertiary/aromatic N) is 2. The fraction of sp³-hybridized carbons (Fsp3) is 0.368. The van der Waals surface area contributed by atoms with E-state index in [2.05, 4.69) is 17.1 Å². The number of fused-ring (bicyclic) bond motifs is 1. The van der Waals surface area contributed by atoms with Crippen LogP contribution < -0.4 is 5.73 Å². The molecule has 1 heterocycles. The molecule has 1 aromatic heterocycles. The van der Waals surface area contributed by atoms with Crippen LogP contribution >= 0.6 is 11.6 Å². The van der Waals surface area contributed by atoms with Gasteiger partial charge in [-0.15, -0.1) is 0 Å². The van der Waals surface area contributed by atoms with Gasteiger partial charge in [0.05, 0.1) is 0 Å². The van der Waals surface area contributed by atoms with E-state index in [1.54, 1.807) is 0 Å². The van der Waals surface area contributed by atoms with E-state index in [1.807, 2.05) is 36.1 Å². The number of hydrogen-bond donors (Lipinski definition) is 1. The number of amides is 1. The summed E-state index contributed by atoms with van der Waals surface area (Å²) in [6, 6.07) is 12.4. The second-order valence-corrected chi connectivity index (χ2v) is 6.65. The third-order valence-corrected chi connectivity index (χ3v) is 4.88. The van der Waals surface area contributed by atoms with Crippen molar-refractivity contribution in [2.45, 2.75) is 38.8 Å². The lowest BCUT2D eigenvalue weighted by molar-refractivity contribution is -0.133. The second-order valence-electron chi connectivity index (χ2n) is 6.29. The van der Waals surface area contributed by atoms with Crippen LogP contribution in [0, 0.1) is 6.92 Å². The van der Waals surface area contributed by atoms with Gasteiger partial charge in [0, 0.05) is 36.8 Å². The summed E-state index contributed by atoms with van der Waals surface area (Å²) in [5.74, 6) is 0.0759. The van der Waals surface area contributed by atoms with E-state index in [0.29, 0.717) is 24.7 Å². The van der Waals surface area contributed by atoms with Crippen LogP contribution in [0.1, 0.15) is 28.8 Å². The standard InChI is InChI=1S/C19H22ClN3O/c1-13-6-7-16(19(20)22-13)12-23(18(24)8-9-21)17-10-14-4-2-3-5-15(14)11-17/h2-7,17H,8-12,21H2,1H3. The van der Waals surface area contributed by atoms with Crippen molar-refractivity contribution in [3.63, 3.8) is 0 Å². The lowest BCUT2D eigenvalue weighted by Crippen LogP contribution is -2.41. The molecule has 1 amide bonds. The maximum Gasteiger partial charge on any atom is 0.224 e. The van der Waals surface area contributed by atoms with Gasteiger partial charge in [0.25, 0.3) is 0 Å². The average molecular weight is 344 g/mol. The summed E-state index contributed by atoms with van der Waals surface area (Å²) < 4.78 is 0. The van der Waals surface area contributed by atoms with Crippen molar-refractivity contribution in [2.24, 2.45) is 5.73 Å². The minimum atomic E-state index is 0.0759. The fourth-order valence-electron chi connectivity index (χ4n) is 3.30. The molecule has 1 aliphatic rings. The molecule has 0 spiro atoms. The highest BCUT2D eigenvalue weighted by Gasteiger charge is 2.30. The zero-order valence-corrected chi connectivity index (χ0v) is 14.6. The molecule has 5 heteroatoms. The number of nitrogens with two attached hydrogens (primary N) is 1. The Balaban J connectivity index is 1.83. The summed E-state index contributed by atoms with van der Waals surface area (Å²) in [5, 5.41) is 0.469. The quantitative estimate of drug-likeness (QED) is 0.849. The molecule has 0 saturated carbocycles. The van der Waals surface area contributed by atoms with Crippen LogP contribution in [0.5, 0.6) is 0 Å². The number of hydrogen-bond acceptors (Lipinski definition) is 3. The predicted molar refractivity (Wildman–Crippen MR) is 95.8 cm³/mol. The minimum Gasteiger partial charge on any atom is -0.335 e. The van der Waals surface area contributed by atoms with E-state index in [4.69, 9.17) is 17.3 Å². The van der Waals surface area contributed by atoms with Crippen molar-refractivity contribution < 1.29 is 4.79 Å². The van der Waals surface area contributed by atoms with Gasteiger partial charge in [-0.25, -0.2) is 4.98 Å². The fourth-order valence-corrected chi connectivity index (χ4v) is 3.56. The Morgan fingerprint density at radius 2 is 1.92 bits per heavy atom. The van der Waals surface area contributed by atoms with E-state index in [0.717, 1.165) is 24.1 Å². The monoisotopic (exact) mass is 343 g/mol. The summed E-state index contributed by atoms with van der Waals surface area (Å²) in [6.07, 6.45) is 2.11. The zero-order valence-electron chi connectivity index (χ0n) is 13.8. The Morgan fingerprint density at radius 1 is 1.25 bits per heavy atom. The lowest BCUT2D eigenvalue weighted by Gasteiger charge is -2.29. The van der Waals surface area contributed by atoms with Gasteiger partial charge in [0.1, 0.15) is 5.15 Å². The third kappa shape index (κ3) is 3.60. The normalized spacial score (nSPS) is 13.8. The van der Waals surface area contributed by atoms with Gasteiger partial charge in [0.15, 0.2) is 0 Å². The van der Waals surface area contributed by atoms with Gasteiger partial charge in [0.2, 0.25) is 5.91 Å². The van der Waals surface area contributed by atoms with Crippen molar-refractivity contribution in [2.75, 3.05) is 6.54 Å². The molecule has 24 heavy (non-hydrogen) atoms. The van der Waals surface area contributed by atoms with Crippen molar-refractivity contribution in [1.82, 2.24) is 9.88 Å². The molecule has 0 atom stereocenters. The molecular formula is C19H22ClN3O. The van der Waals surface area contributed by atoms with Crippen molar-refractivity contribution in [3.05, 3.63) is 63.9 Å². The summed E-state index contributed by atoms with van der Waals surface area (Å²) in [7, 11) is 0. The maximum atomic E-state index is 12.6. The molecule has 0 bridgehead atoms. The maximum absolute atomic E-state index is 12.6. The zero-order chi connectivity index (χ0) is 17.1. The summed E-state index contributed by atoms with van der Waals surface area (Å²) in [4.78, 5) is 18.9.